The molecule has 1 aromatic heterocycles. The summed E-state index contributed by atoms with van der Waals surface area (Å²) in [5.74, 6) is 0.513. The highest BCUT2D eigenvalue weighted by molar-refractivity contribution is 5.91. The minimum absolute atomic E-state index is 0.0746. The highest BCUT2D eigenvalue weighted by Crippen LogP contribution is 2.13. The molecular formula is C22H30N4O2. The molecule has 150 valence electrons. The lowest BCUT2D eigenvalue weighted by Gasteiger charge is -2.35. The zero-order valence-electron chi connectivity index (χ0n) is 16.8. The molecule has 3 rings (SSSR count). The van der Waals surface area contributed by atoms with Gasteiger partial charge in [-0.15, -0.1) is 0 Å². The third-order valence-electron chi connectivity index (χ3n) is 4.87. The summed E-state index contributed by atoms with van der Waals surface area (Å²) in [7, 11) is 0. The van der Waals surface area contributed by atoms with Gasteiger partial charge in [0.05, 0.1) is 25.1 Å². The fourth-order valence-corrected chi connectivity index (χ4v) is 3.44. The number of hydrogen-bond acceptors (Lipinski definition) is 4. The standard InChI is InChI=1S/C22H30N4O2/c1-18(2)14-21(25-10-12-28-13-11-25)16-23-22(27)9-8-19-15-24-26(17-19)20-6-4-3-5-7-20/h3-9,15,17-18,21H,10-14,16H2,1-2H3,(H,23,27)/b9-8+. The van der Waals surface area contributed by atoms with Crippen LogP contribution in [0.3, 0.4) is 0 Å². The number of nitrogens with one attached hydrogen (secondary N) is 1. The minimum Gasteiger partial charge on any atom is -0.379 e. The van der Waals surface area contributed by atoms with Gasteiger partial charge in [0, 0.05) is 43.5 Å². The van der Waals surface area contributed by atoms with Crippen molar-refractivity contribution in [2.24, 2.45) is 5.92 Å². The van der Waals surface area contributed by atoms with Gasteiger partial charge in [0.1, 0.15) is 0 Å². The van der Waals surface area contributed by atoms with Crippen LogP contribution >= 0.6 is 0 Å². The van der Waals surface area contributed by atoms with Crippen LogP contribution in [0.1, 0.15) is 25.8 Å². The van der Waals surface area contributed by atoms with Crippen molar-refractivity contribution in [2.45, 2.75) is 26.3 Å². The zero-order valence-corrected chi connectivity index (χ0v) is 16.8. The molecule has 6 heteroatoms. The average Bonchev–Trinajstić information content (AvgIpc) is 3.20. The van der Waals surface area contributed by atoms with Crippen molar-refractivity contribution in [3.8, 4) is 5.69 Å². The van der Waals surface area contributed by atoms with E-state index < -0.39 is 0 Å². The molecule has 1 amide bonds. The van der Waals surface area contributed by atoms with E-state index in [2.05, 4.69) is 29.2 Å². The zero-order chi connectivity index (χ0) is 19.8. The molecule has 2 aromatic rings. The van der Waals surface area contributed by atoms with E-state index in [9.17, 15) is 4.79 Å². The van der Waals surface area contributed by atoms with Crippen LogP contribution in [0.4, 0.5) is 0 Å². The van der Waals surface area contributed by atoms with Gasteiger partial charge < -0.3 is 10.1 Å². The number of benzene rings is 1. The predicted octanol–water partition coefficient (Wildman–Crippen LogP) is 2.75. The van der Waals surface area contributed by atoms with Crippen LogP contribution in [0.2, 0.25) is 0 Å². The Balaban J connectivity index is 1.53. The van der Waals surface area contributed by atoms with Gasteiger partial charge in [0.2, 0.25) is 5.91 Å². The van der Waals surface area contributed by atoms with Gasteiger partial charge in [-0.05, 0) is 30.5 Å². The molecule has 1 unspecified atom stereocenters. The molecule has 28 heavy (non-hydrogen) atoms. The summed E-state index contributed by atoms with van der Waals surface area (Å²) in [5.41, 5.74) is 1.89. The van der Waals surface area contributed by atoms with E-state index in [1.54, 1.807) is 23.0 Å². The largest absolute Gasteiger partial charge is 0.379 e. The lowest BCUT2D eigenvalue weighted by Crippen LogP contribution is -2.49. The number of aromatic nitrogens is 2. The maximum atomic E-state index is 12.3. The number of hydrogen-bond donors (Lipinski definition) is 1. The molecule has 1 aliphatic rings. The Morgan fingerprint density at radius 2 is 2.00 bits per heavy atom. The second kappa shape index (κ2) is 10.2. The molecular weight excluding hydrogens is 352 g/mol. The Hall–Kier alpha value is -2.44. The Kier molecular flexibility index (Phi) is 7.39. The quantitative estimate of drug-likeness (QED) is 0.713. The summed E-state index contributed by atoms with van der Waals surface area (Å²) in [6, 6.07) is 10.3. The number of rotatable bonds is 8. The Morgan fingerprint density at radius 3 is 2.71 bits per heavy atom. The number of carbonyl (C=O) groups is 1. The van der Waals surface area contributed by atoms with Crippen molar-refractivity contribution >= 4 is 12.0 Å². The maximum absolute atomic E-state index is 12.3. The fraction of sp³-hybridized carbons (Fsp3) is 0.455. The molecule has 0 spiro atoms. The summed E-state index contributed by atoms with van der Waals surface area (Å²) in [5, 5.41) is 7.41. The number of morpholine rings is 1. The molecule has 0 bridgehead atoms. The van der Waals surface area contributed by atoms with Crippen molar-refractivity contribution in [1.29, 1.82) is 0 Å². The van der Waals surface area contributed by atoms with Crippen molar-refractivity contribution in [3.63, 3.8) is 0 Å². The summed E-state index contributed by atoms with van der Waals surface area (Å²) >= 11 is 0. The third-order valence-corrected chi connectivity index (χ3v) is 4.87. The van der Waals surface area contributed by atoms with Crippen LogP contribution in [0.5, 0.6) is 0 Å². The van der Waals surface area contributed by atoms with E-state index in [0.717, 1.165) is 44.0 Å². The summed E-state index contributed by atoms with van der Waals surface area (Å²) < 4.78 is 7.25. The molecule has 1 fully saturated rings. The lowest BCUT2D eigenvalue weighted by atomic mass is 10.0. The number of para-hydroxylation sites is 1. The lowest BCUT2D eigenvalue weighted by molar-refractivity contribution is -0.116. The molecule has 1 aliphatic heterocycles. The van der Waals surface area contributed by atoms with Crippen LogP contribution in [-0.4, -0.2) is 59.5 Å². The van der Waals surface area contributed by atoms with E-state index >= 15 is 0 Å². The number of carbonyl (C=O) groups excluding carboxylic acids is 1. The first kappa shape index (κ1) is 20.3. The van der Waals surface area contributed by atoms with Crippen molar-refractivity contribution in [1.82, 2.24) is 20.0 Å². The molecule has 1 saturated heterocycles. The molecule has 1 atom stereocenters. The van der Waals surface area contributed by atoms with Gasteiger partial charge in [-0.1, -0.05) is 32.0 Å². The van der Waals surface area contributed by atoms with E-state index in [1.807, 2.05) is 36.5 Å². The van der Waals surface area contributed by atoms with Crippen LogP contribution in [-0.2, 0) is 9.53 Å². The van der Waals surface area contributed by atoms with Gasteiger partial charge in [-0.2, -0.15) is 5.10 Å². The topological polar surface area (TPSA) is 59.4 Å². The van der Waals surface area contributed by atoms with E-state index in [1.165, 1.54) is 0 Å². The van der Waals surface area contributed by atoms with E-state index in [0.29, 0.717) is 18.5 Å². The van der Waals surface area contributed by atoms with Crippen molar-refractivity contribution in [2.75, 3.05) is 32.8 Å². The summed E-state index contributed by atoms with van der Waals surface area (Å²) in [6.45, 7) is 8.51. The molecule has 0 radical (unpaired) electrons. The molecule has 0 saturated carbocycles. The second-order valence-electron chi connectivity index (χ2n) is 7.56. The predicted molar refractivity (Wildman–Crippen MR) is 111 cm³/mol. The van der Waals surface area contributed by atoms with Gasteiger partial charge in [0.25, 0.3) is 0 Å². The molecule has 1 N–H and O–H groups in total. The second-order valence-corrected chi connectivity index (χ2v) is 7.56. The SMILES string of the molecule is CC(C)CC(CNC(=O)/C=C/c1cnn(-c2ccccc2)c1)N1CCOCC1. The maximum Gasteiger partial charge on any atom is 0.244 e. The molecule has 0 aliphatic carbocycles. The van der Waals surface area contributed by atoms with Gasteiger partial charge in [-0.3, -0.25) is 9.69 Å². The van der Waals surface area contributed by atoms with Crippen molar-refractivity contribution < 1.29 is 9.53 Å². The highest BCUT2D eigenvalue weighted by atomic mass is 16.5. The first-order chi connectivity index (χ1) is 13.6. The highest BCUT2D eigenvalue weighted by Gasteiger charge is 2.22. The van der Waals surface area contributed by atoms with Crippen LogP contribution in [0, 0.1) is 5.92 Å². The Bertz CT molecular complexity index is 764. The van der Waals surface area contributed by atoms with Gasteiger partial charge in [0.15, 0.2) is 0 Å². The molecule has 2 heterocycles. The minimum atomic E-state index is -0.0746. The Morgan fingerprint density at radius 1 is 1.25 bits per heavy atom. The average molecular weight is 383 g/mol. The Labute approximate surface area is 167 Å². The third kappa shape index (κ3) is 6.04. The first-order valence-electron chi connectivity index (χ1n) is 9.99. The van der Waals surface area contributed by atoms with E-state index in [-0.39, 0.29) is 5.91 Å². The van der Waals surface area contributed by atoms with Gasteiger partial charge in [-0.25, -0.2) is 4.68 Å². The van der Waals surface area contributed by atoms with Crippen molar-refractivity contribution in [3.05, 3.63) is 54.4 Å². The smallest absolute Gasteiger partial charge is 0.244 e. The molecule has 1 aromatic carbocycles. The van der Waals surface area contributed by atoms with Crippen LogP contribution in [0.15, 0.2) is 48.8 Å². The summed E-state index contributed by atoms with van der Waals surface area (Å²) in [6.07, 6.45) is 8.11. The summed E-state index contributed by atoms with van der Waals surface area (Å²) in [4.78, 5) is 14.7. The van der Waals surface area contributed by atoms with Gasteiger partial charge >= 0.3 is 0 Å². The number of ether oxygens (including phenoxy) is 1. The fourth-order valence-electron chi connectivity index (χ4n) is 3.44. The normalized spacial score (nSPS) is 16.5. The van der Waals surface area contributed by atoms with E-state index in [4.69, 9.17) is 4.74 Å². The van der Waals surface area contributed by atoms with Crippen LogP contribution < -0.4 is 5.32 Å². The van der Waals surface area contributed by atoms with Crippen LogP contribution in [0.25, 0.3) is 11.8 Å². The number of nitrogens with zero attached hydrogens (tertiary/aromatic N) is 3. The monoisotopic (exact) mass is 382 g/mol. The molecule has 6 nitrogen and oxygen atoms in total. The first-order valence-corrected chi connectivity index (χ1v) is 9.99. The number of amides is 1.